The molecule has 13 aliphatic rings. The van der Waals surface area contributed by atoms with Crippen LogP contribution in [0.25, 0.3) is 76.5 Å². The first-order chi connectivity index (χ1) is 71.6. The Balaban J connectivity index is 0.000000115. The predicted molar refractivity (Wildman–Crippen MR) is 584 cm³/mol. The Kier molecular flexibility index (Phi) is 30.1. The van der Waals surface area contributed by atoms with Crippen LogP contribution in [0.3, 0.4) is 0 Å². The molecular weight excluding hydrogens is 1940 g/mol. The summed E-state index contributed by atoms with van der Waals surface area (Å²) in [6.07, 6.45) is 20.3. The Hall–Kier alpha value is -12.3. The van der Waals surface area contributed by atoms with Gasteiger partial charge < -0.3 is 67.5 Å². The standard InChI is InChI=1S/C30H31NO4.2C29H29NO4.C24H34BNO4.C12H9BrO2.CH4/c1-34-29(33)25-5-2-4-23-18-22(11-12-24(23)25)20-7-9-21(10-8-20)26-19-30(26)13-15-31(16-14-30)28(32)27-6-3-17-35-27;2*31-27(26-5-2-16-34-26)30-14-12-29(13-15-30)18-25(29)20-8-6-19(7-9-20)21-10-11-23-22(17-21)3-1-4-24(23)28(32)33;1-22(2)23(3,4)30-25(29-22)18-9-7-17(8-10-18)19-16-24(19)11-13-26(14-12-24)21(27)20-6-5-15-28-20;1-15-12(14)11-4-2-3-8-7-9(13)5-6-10(8)11;/h2,4-5,7-12,18,26-27H,3,6,13-17,19H2,1H3;2*1,3-4,6-11,17,25-26H,2,5,12-16,18H2,(H,32,33);7-10,19-20H,5-6,11-16H2,1-4H3;2-7H,1H3;1H4/t26?,27-;25-,26+;25-,26-;19?,20-;;/m1011../s1. The quantitative estimate of drug-likeness (QED) is 0.0672. The summed E-state index contributed by atoms with van der Waals surface area (Å²) >= 11 is 3.39. The topological polar surface area (TPSA) is 264 Å². The third-order valence-corrected chi connectivity index (χ3v) is 35.9. The van der Waals surface area contributed by atoms with Gasteiger partial charge in [-0.05, 0) is 360 Å². The number of carbonyl (C=O) groups is 8. The highest BCUT2D eigenvalue weighted by Gasteiger charge is 2.60. The summed E-state index contributed by atoms with van der Waals surface area (Å²) in [4.78, 5) is 105. The van der Waals surface area contributed by atoms with Crippen LogP contribution in [-0.4, -0.2) is 213 Å². The normalized spacial score (nSPS) is 23.4. The molecule has 22 nitrogen and oxygen atoms in total. The van der Waals surface area contributed by atoms with Gasteiger partial charge in [-0.25, -0.2) is 19.2 Å². The zero-order valence-corrected chi connectivity index (χ0v) is 87.1. The van der Waals surface area contributed by atoms with Crippen LogP contribution in [0.4, 0.5) is 0 Å². The number of aromatic carboxylic acids is 2. The van der Waals surface area contributed by atoms with E-state index in [1.54, 1.807) is 36.4 Å². The number of carboxylic acid groups (broad SMARTS) is 2. The third kappa shape index (κ3) is 21.7. The maximum Gasteiger partial charge on any atom is 0.494 e. The molecule has 12 aromatic carbocycles. The van der Waals surface area contributed by atoms with E-state index >= 15 is 0 Å². The molecule has 0 radical (unpaired) electrons. The summed E-state index contributed by atoms with van der Waals surface area (Å²) in [7, 11) is 2.50. The number of ether oxygens (including phenoxy) is 6. The maximum absolute atomic E-state index is 12.7. The molecule has 25 rings (SSSR count). The minimum absolute atomic E-state index is 0. The second-order valence-electron chi connectivity index (χ2n) is 44.4. The number of rotatable bonds is 16. The van der Waals surface area contributed by atoms with Crippen molar-refractivity contribution in [3.05, 3.63) is 292 Å². The van der Waals surface area contributed by atoms with Crippen LogP contribution in [-0.2, 0) is 56.9 Å². The number of methoxy groups -OCH3 is 2. The fourth-order valence-electron chi connectivity index (χ4n) is 25.3. The van der Waals surface area contributed by atoms with Gasteiger partial charge in [0.1, 0.15) is 24.4 Å². The van der Waals surface area contributed by atoms with Gasteiger partial charge in [0.05, 0.1) is 47.7 Å². The number of hydrogen-bond acceptors (Lipinski definition) is 16. The molecule has 0 aromatic heterocycles. The Morgan fingerprint density at radius 1 is 0.322 bits per heavy atom. The number of halogens is 1. The van der Waals surface area contributed by atoms with E-state index in [4.69, 9.17) is 37.7 Å². The molecule has 24 heteroatoms. The Labute approximate surface area is 881 Å². The molecule has 774 valence electrons. The average Bonchev–Trinajstić information content (AvgIpc) is 1.58. The smallest absolute Gasteiger partial charge is 0.478 e. The van der Waals surface area contributed by atoms with Crippen molar-refractivity contribution in [2.75, 3.05) is 93.0 Å². The molecule has 8 atom stereocenters. The van der Waals surface area contributed by atoms with E-state index in [0.717, 1.165) is 262 Å². The van der Waals surface area contributed by atoms with Gasteiger partial charge in [-0.15, -0.1) is 0 Å². The fourth-order valence-corrected chi connectivity index (χ4v) is 25.6. The zero-order valence-electron chi connectivity index (χ0n) is 85.5. The van der Waals surface area contributed by atoms with Crippen molar-refractivity contribution in [2.45, 2.75) is 223 Å². The largest absolute Gasteiger partial charge is 0.494 e. The van der Waals surface area contributed by atoms with Crippen molar-refractivity contribution in [3.8, 4) is 33.4 Å². The molecular formula is C125H136BBrN4O18. The van der Waals surface area contributed by atoms with Gasteiger partial charge in [0.15, 0.2) is 0 Å². The highest BCUT2D eigenvalue weighted by atomic mass is 79.9. The van der Waals surface area contributed by atoms with Crippen LogP contribution in [0.5, 0.6) is 0 Å². The van der Waals surface area contributed by atoms with Gasteiger partial charge in [-0.3, -0.25) is 19.2 Å². The van der Waals surface area contributed by atoms with Crippen molar-refractivity contribution >= 4 is 119 Å². The molecule has 9 aliphatic heterocycles. The summed E-state index contributed by atoms with van der Waals surface area (Å²) < 4.78 is 45.4. The molecule has 2 unspecified atom stereocenters. The number of esters is 2. The highest BCUT2D eigenvalue weighted by molar-refractivity contribution is 9.10. The minimum atomic E-state index is -0.900. The Morgan fingerprint density at radius 2 is 0.570 bits per heavy atom. The molecule has 4 amide bonds. The molecule has 12 aromatic rings. The van der Waals surface area contributed by atoms with Gasteiger partial charge >= 0.3 is 31.0 Å². The molecule has 4 saturated carbocycles. The summed E-state index contributed by atoms with van der Waals surface area (Å²) in [6.45, 7) is 18.1. The first kappa shape index (κ1) is 104. The fraction of sp³-hybridized carbons (Fsp3) is 0.424. The SMILES string of the molecule is C.CC1(C)OB(c2ccc(C3CC34CCN(C(=O)[C@H]3CCCO3)CC4)cc2)OC1(C)C.COC(=O)c1cccc2cc(-c3ccc(C4CC45CCN(C(=O)[C@H]4CCCO4)CC5)cc3)ccc12.COC(=O)c1cccc2cc(Br)ccc12.O=C(O)c1cccc2cc(-c3ccc([C@@H]4CC45CCN(C(=O)[C@H]4CCCO4)CC5)cc3)ccc12.O=C(O)c1cccc2cc(-c3ccc([C@H]4CC45CCN(C(=O)[C@H]4CCCO4)CC5)cc3)ccc12. The maximum atomic E-state index is 12.7. The summed E-state index contributed by atoms with van der Waals surface area (Å²) in [5.41, 5.74) is 16.1. The Bertz CT molecular complexity index is 6780. The summed E-state index contributed by atoms with van der Waals surface area (Å²) in [5, 5.41) is 26.1. The van der Waals surface area contributed by atoms with Crippen LogP contribution in [0.2, 0.25) is 0 Å². The van der Waals surface area contributed by atoms with E-state index in [2.05, 4.69) is 165 Å². The average molecular weight is 2070 g/mol. The number of carbonyl (C=O) groups excluding carboxylic acids is 6. The molecule has 4 spiro atoms. The van der Waals surface area contributed by atoms with E-state index in [-0.39, 0.29) is 85.7 Å². The number of fused-ring (bicyclic) bond motifs is 4. The molecule has 0 bridgehead atoms. The third-order valence-electron chi connectivity index (χ3n) is 35.4. The van der Waals surface area contributed by atoms with E-state index in [1.807, 2.05) is 105 Å². The van der Waals surface area contributed by atoms with E-state index in [9.17, 15) is 48.6 Å². The lowest BCUT2D eigenvalue weighted by molar-refractivity contribution is -0.143. The van der Waals surface area contributed by atoms with Crippen molar-refractivity contribution in [2.24, 2.45) is 21.7 Å². The Morgan fingerprint density at radius 3 is 0.832 bits per heavy atom. The van der Waals surface area contributed by atoms with Gasteiger partial charge in [-0.2, -0.15) is 0 Å². The molecule has 9 heterocycles. The first-order valence-electron chi connectivity index (χ1n) is 53.4. The second kappa shape index (κ2) is 43.2. The van der Waals surface area contributed by atoms with Gasteiger partial charge in [-0.1, -0.05) is 211 Å². The van der Waals surface area contributed by atoms with Crippen LogP contribution < -0.4 is 5.46 Å². The number of amides is 4. The number of piperidine rings is 4. The van der Waals surface area contributed by atoms with Crippen molar-refractivity contribution in [3.63, 3.8) is 0 Å². The molecule has 9 saturated heterocycles. The van der Waals surface area contributed by atoms with E-state index < -0.39 is 11.9 Å². The summed E-state index contributed by atoms with van der Waals surface area (Å²) in [6, 6.07) is 81.6. The number of likely N-dealkylation sites (tertiary alicyclic amines) is 4. The number of benzene rings is 12. The number of nitrogens with zero attached hydrogens (tertiary/aromatic N) is 4. The molecule has 2 N–H and O–H groups in total. The van der Waals surface area contributed by atoms with Crippen LogP contribution in [0.15, 0.2) is 247 Å². The molecule has 4 aliphatic carbocycles. The monoisotopic (exact) mass is 2070 g/mol. The van der Waals surface area contributed by atoms with Crippen molar-refractivity contribution in [1.29, 1.82) is 0 Å². The molecule has 13 fully saturated rings. The van der Waals surface area contributed by atoms with Crippen molar-refractivity contribution in [1.82, 2.24) is 19.6 Å². The second-order valence-corrected chi connectivity index (χ2v) is 45.3. The number of carboxylic acids is 2. The van der Waals surface area contributed by atoms with E-state index in [1.165, 1.54) is 67.7 Å². The lowest BCUT2D eigenvalue weighted by Crippen LogP contribution is -2.44. The van der Waals surface area contributed by atoms with Crippen LogP contribution >= 0.6 is 15.9 Å². The minimum Gasteiger partial charge on any atom is -0.478 e. The van der Waals surface area contributed by atoms with Gasteiger partial charge in [0, 0.05) is 83.3 Å². The van der Waals surface area contributed by atoms with Crippen LogP contribution in [0, 0.1) is 21.7 Å². The molecule has 149 heavy (non-hydrogen) atoms. The lowest BCUT2D eigenvalue weighted by atomic mass is 9.78. The van der Waals surface area contributed by atoms with Crippen LogP contribution in [0.1, 0.15) is 251 Å². The lowest BCUT2D eigenvalue weighted by Gasteiger charge is -2.34. The van der Waals surface area contributed by atoms with E-state index in [0.29, 0.717) is 67.6 Å². The van der Waals surface area contributed by atoms with Gasteiger partial charge in [0.2, 0.25) is 0 Å². The summed E-state index contributed by atoms with van der Waals surface area (Å²) in [5.74, 6) is 0.759. The number of hydrogen-bond donors (Lipinski definition) is 2. The highest BCUT2D eigenvalue weighted by Crippen LogP contribution is 2.68. The first-order valence-corrected chi connectivity index (χ1v) is 54.2. The van der Waals surface area contributed by atoms with Crippen molar-refractivity contribution < 1.29 is 86.3 Å². The predicted octanol–water partition coefficient (Wildman–Crippen LogP) is 23.8. The zero-order chi connectivity index (χ0) is 103. The van der Waals surface area contributed by atoms with Gasteiger partial charge in [0.25, 0.3) is 23.6 Å².